The van der Waals surface area contributed by atoms with E-state index in [1.165, 1.54) is 0 Å². The highest BCUT2D eigenvalue weighted by molar-refractivity contribution is 5.73. The number of aliphatic hydroxyl groups is 1. The first-order valence-electron chi connectivity index (χ1n) is 6.26. The summed E-state index contributed by atoms with van der Waals surface area (Å²) in [6, 6.07) is 17.4. The predicted octanol–water partition coefficient (Wildman–Crippen LogP) is 2.91. The van der Waals surface area contributed by atoms with Crippen molar-refractivity contribution in [3.8, 4) is 0 Å². The van der Waals surface area contributed by atoms with Gasteiger partial charge >= 0.3 is 0 Å². The van der Waals surface area contributed by atoms with Crippen LogP contribution >= 0.6 is 0 Å². The molecule has 0 radical (unpaired) electrons. The van der Waals surface area contributed by atoms with E-state index >= 15 is 0 Å². The van der Waals surface area contributed by atoms with Gasteiger partial charge in [-0.05, 0) is 17.7 Å². The molecule has 2 aromatic carbocycles. The van der Waals surface area contributed by atoms with Crippen LogP contribution < -0.4 is 0 Å². The zero-order chi connectivity index (χ0) is 13.1. The number of fused-ring (bicyclic) bond motifs is 1. The molecule has 3 aromatic rings. The monoisotopic (exact) mass is 250 g/mol. The summed E-state index contributed by atoms with van der Waals surface area (Å²) in [4.78, 5) is 8.87. The van der Waals surface area contributed by atoms with Crippen LogP contribution in [0.2, 0.25) is 0 Å². The van der Waals surface area contributed by atoms with Crippen molar-refractivity contribution in [3.05, 3.63) is 72.1 Å². The number of aromatic nitrogens is 2. The molecule has 0 saturated heterocycles. The maximum absolute atomic E-state index is 10.2. The number of nitrogens with zero attached hydrogens (tertiary/aromatic N) is 2. The van der Waals surface area contributed by atoms with Gasteiger partial charge in [0, 0.05) is 12.6 Å². The van der Waals surface area contributed by atoms with Crippen LogP contribution in [0.15, 0.2) is 60.8 Å². The first-order chi connectivity index (χ1) is 9.33. The number of benzene rings is 2. The number of hydrogen-bond donors (Lipinski definition) is 1. The molecule has 1 heterocycles. The van der Waals surface area contributed by atoms with Gasteiger partial charge in [0.25, 0.3) is 0 Å². The van der Waals surface area contributed by atoms with Crippen LogP contribution in [0, 0.1) is 0 Å². The van der Waals surface area contributed by atoms with Gasteiger partial charge in [0.15, 0.2) is 0 Å². The van der Waals surface area contributed by atoms with Crippen molar-refractivity contribution in [1.82, 2.24) is 9.97 Å². The van der Waals surface area contributed by atoms with Crippen LogP contribution in [0.5, 0.6) is 0 Å². The molecule has 94 valence electrons. The second kappa shape index (κ2) is 5.16. The van der Waals surface area contributed by atoms with Crippen molar-refractivity contribution < 1.29 is 5.11 Å². The third kappa shape index (κ3) is 2.61. The van der Waals surface area contributed by atoms with E-state index in [1.54, 1.807) is 6.20 Å². The molecule has 0 amide bonds. The van der Waals surface area contributed by atoms with E-state index in [0.717, 1.165) is 22.3 Å². The van der Waals surface area contributed by atoms with Gasteiger partial charge in [0.1, 0.15) is 0 Å². The number of rotatable bonds is 3. The Morgan fingerprint density at radius 3 is 2.37 bits per heavy atom. The summed E-state index contributed by atoms with van der Waals surface area (Å²) in [6.07, 6.45) is 1.66. The van der Waals surface area contributed by atoms with E-state index in [9.17, 15) is 5.11 Å². The Labute approximate surface area is 111 Å². The van der Waals surface area contributed by atoms with Crippen molar-refractivity contribution in [2.24, 2.45) is 0 Å². The highest BCUT2D eigenvalue weighted by Crippen LogP contribution is 2.17. The summed E-state index contributed by atoms with van der Waals surface area (Å²) >= 11 is 0. The molecule has 1 aromatic heterocycles. The lowest BCUT2D eigenvalue weighted by Crippen LogP contribution is -2.04. The van der Waals surface area contributed by atoms with Gasteiger partial charge in [-0.25, -0.2) is 4.98 Å². The Morgan fingerprint density at radius 1 is 0.895 bits per heavy atom. The average Bonchev–Trinajstić information content (AvgIpc) is 2.48. The van der Waals surface area contributed by atoms with Gasteiger partial charge in [-0.3, -0.25) is 4.98 Å². The Bertz CT molecular complexity index is 682. The maximum atomic E-state index is 10.2. The van der Waals surface area contributed by atoms with Crippen LogP contribution in [0.25, 0.3) is 11.0 Å². The minimum Gasteiger partial charge on any atom is -0.388 e. The smallest absolute Gasteiger partial charge is 0.0890 e. The van der Waals surface area contributed by atoms with Crippen molar-refractivity contribution in [3.63, 3.8) is 0 Å². The number of para-hydroxylation sites is 2. The van der Waals surface area contributed by atoms with E-state index in [0.29, 0.717) is 6.42 Å². The molecule has 3 rings (SSSR count). The highest BCUT2D eigenvalue weighted by atomic mass is 16.3. The second-order valence-electron chi connectivity index (χ2n) is 4.48. The second-order valence-corrected chi connectivity index (χ2v) is 4.48. The van der Waals surface area contributed by atoms with Crippen molar-refractivity contribution in [2.75, 3.05) is 0 Å². The van der Waals surface area contributed by atoms with Crippen LogP contribution in [0.3, 0.4) is 0 Å². The van der Waals surface area contributed by atoms with Crippen LogP contribution in [0.4, 0.5) is 0 Å². The third-order valence-electron chi connectivity index (χ3n) is 3.09. The molecule has 1 unspecified atom stereocenters. The largest absolute Gasteiger partial charge is 0.388 e. The Kier molecular flexibility index (Phi) is 3.21. The molecule has 0 aliphatic carbocycles. The minimum atomic E-state index is -0.545. The molecule has 0 bridgehead atoms. The highest BCUT2D eigenvalue weighted by Gasteiger charge is 2.09. The van der Waals surface area contributed by atoms with E-state index in [-0.39, 0.29) is 0 Å². The molecule has 0 aliphatic rings. The van der Waals surface area contributed by atoms with Gasteiger partial charge in [0.2, 0.25) is 0 Å². The SMILES string of the molecule is OC(Cc1cnc2ccccc2n1)c1ccccc1. The average molecular weight is 250 g/mol. The van der Waals surface area contributed by atoms with E-state index in [4.69, 9.17) is 0 Å². The molecule has 1 N–H and O–H groups in total. The van der Waals surface area contributed by atoms with E-state index < -0.39 is 6.10 Å². The van der Waals surface area contributed by atoms with Crippen LogP contribution in [0.1, 0.15) is 17.4 Å². The Balaban J connectivity index is 1.85. The Morgan fingerprint density at radius 2 is 1.58 bits per heavy atom. The summed E-state index contributed by atoms with van der Waals surface area (Å²) in [5.41, 5.74) is 3.44. The number of hydrogen-bond acceptors (Lipinski definition) is 3. The van der Waals surface area contributed by atoms with Gasteiger partial charge in [-0.15, -0.1) is 0 Å². The molecular formula is C16H14N2O. The van der Waals surface area contributed by atoms with Crippen molar-refractivity contribution in [2.45, 2.75) is 12.5 Å². The van der Waals surface area contributed by atoms with Gasteiger partial charge < -0.3 is 5.11 Å². The quantitative estimate of drug-likeness (QED) is 0.777. The summed E-state index contributed by atoms with van der Waals surface area (Å²) in [7, 11) is 0. The first-order valence-corrected chi connectivity index (χ1v) is 6.26. The first kappa shape index (κ1) is 11.8. The lowest BCUT2D eigenvalue weighted by molar-refractivity contribution is 0.177. The predicted molar refractivity (Wildman–Crippen MR) is 74.6 cm³/mol. The minimum absolute atomic E-state index is 0.474. The maximum Gasteiger partial charge on any atom is 0.0890 e. The van der Waals surface area contributed by atoms with Crippen LogP contribution in [-0.2, 0) is 6.42 Å². The Hall–Kier alpha value is -2.26. The molecular weight excluding hydrogens is 236 g/mol. The molecule has 0 spiro atoms. The summed E-state index contributed by atoms with van der Waals surface area (Å²) in [6.45, 7) is 0. The standard InChI is InChI=1S/C16H14N2O/c19-16(12-6-2-1-3-7-12)10-13-11-17-14-8-4-5-9-15(14)18-13/h1-9,11,16,19H,10H2. The van der Waals surface area contributed by atoms with Gasteiger partial charge in [0.05, 0.1) is 22.8 Å². The fourth-order valence-corrected chi connectivity index (χ4v) is 2.08. The lowest BCUT2D eigenvalue weighted by Gasteiger charge is -2.10. The fraction of sp³-hybridized carbons (Fsp3) is 0.125. The zero-order valence-electron chi connectivity index (χ0n) is 10.4. The molecule has 3 heteroatoms. The summed E-state index contributed by atoms with van der Waals surface area (Å²) < 4.78 is 0. The van der Waals surface area contributed by atoms with Gasteiger partial charge in [-0.1, -0.05) is 42.5 Å². The van der Waals surface area contributed by atoms with Crippen molar-refractivity contribution in [1.29, 1.82) is 0 Å². The van der Waals surface area contributed by atoms with E-state index in [2.05, 4.69) is 9.97 Å². The van der Waals surface area contributed by atoms with Crippen LogP contribution in [-0.4, -0.2) is 15.1 Å². The molecule has 3 nitrogen and oxygen atoms in total. The normalized spacial score (nSPS) is 12.5. The molecule has 0 fully saturated rings. The fourth-order valence-electron chi connectivity index (χ4n) is 2.08. The third-order valence-corrected chi connectivity index (χ3v) is 3.09. The van der Waals surface area contributed by atoms with E-state index in [1.807, 2.05) is 54.6 Å². The van der Waals surface area contributed by atoms with Gasteiger partial charge in [-0.2, -0.15) is 0 Å². The summed E-state index contributed by atoms with van der Waals surface area (Å²) in [5.74, 6) is 0. The topological polar surface area (TPSA) is 46.0 Å². The zero-order valence-corrected chi connectivity index (χ0v) is 10.4. The summed E-state index contributed by atoms with van der Waals surface area (Å²) in [5, 5.41) is 10.2. The molecule has 19 heavy (non-hydrogen) atoms. The molecule has 0 saturated carbocycles. The molecule has 0 aliphatic heterocycles. The molecule has 1 atom stereocenters. The van der Waals surface area contributed by atoms with Crippen molar-refractivity contribution >= 4 is 11.0 Å². The lowest BCUT2D eigenvalue weighted by atomic mass is 10.1. The number of aliphatic hydroxyl groups excluding tert-OH is 1.